The molecule has 1 atom stereocenters. The number of nitrogens with zero attached hydrogens (tertiary/aromatic N) is 1. The number of carbonyl (C=O) groups excluding carboxylic acids is 3. The van der Waals surface area contributed by atoms with Crippen molar-refractivity contribution in [1.82, 2.24) is 10.2 Å². The summed E-state index contributed by atoms with van der Waals surface area (Å²) in [4.78, 5) is 39.1. The molecule has 3 aromatic carbocycles. The van der Waals surface area contributed by atoms with Gasteiger partial charge in [-0.2, -0.15) is 0 Å². The van der Waals surface area contributed by atoms with Crippen molar-refractivity contribution in [2.75, 3.05) is 38.9 Å². The highest BCUT2D eigenvalue weighted by molar-refractivity contribution is 14.2. The Bertz CT molecular complexity index is 1560. The van der Waals surface area contributed by atoms with Gasteiger partial charge in [0.2, 0.25) is 12.9 Å². The molecule has 3 N–H and O–H groups in total. The van der Waals surface area contributed by atoms with Crippen LogP contribution >= 0.6 is 21.2 Å². The Morgan fingerprint density at radius 1 is 0.927 bits per heavy atom. The molecule has 0 aliphatic heterocycles. The van der Waals surface area contributed by atoms with Crippen LogP contribution < -0.4 is 25.4 Å². The summed E-state index contributed by atoms with van der Waals surface area (Å²) < 4.78 is 35.7. The predicted molar refractivity (Wildman–Crippen MR) is 165 cm³/mol. The van der Waals surface area contributed by atoms with E-state index in [-0.39, 0.29) is 22.8 Å². The summed E-state index contributed by atoms with van der Waals surface area (Å²) in [6, 6.07) is 14.8. The highest BCUT2D eigenvalue weighted by atomic mass is 127. The molecule has 0 radical (unpaired) electrons. The van der Waals surface area contributed by atoms with Crippen LogP contribution in [0.2, 0.25) is 0 Å². The van der Waals surface area contributed by atoms with E-state index in [1.54, 1.807) is 56.6 Å². The van der Waals surface area contributed by atoms with Gasteiger partial charge in [-0.25, -0.2) is 13.2 Å². The van der Waals surface area contributed by atoms with Crippen LogP contribution in [-0.4, -0.2) is 59.4 Å². The Hall–Kier alpha value is -3.85. The molecule has 218 valence electrons. The number of benzene rings is 3. The standard InChI is InChI=1S/C28H31IN4O7S/c1-17(34)18-7-6-8-21(13-18)31-26(19-9-11-23(39-4)24(15-19)40-5)27(35)30-16-20-14-22(32-28(36)33(2)3)10-12-25(20)41(29,37)38/h6-15,26,31H,16H2,1-5H3,(H,30,35)(H,32,36). The van der Waals surface area contributed by atoms with Crippen molar-refractivity contribution in [2.24, 2.45) is 0 Å². The number of carbonyl (C=O) groups is 3. The Labute approximate surface area is 251 Å². The van der Waals surface area contributed by atoms with E-state index in [2.05, 4.69) is 16.0 Å². The lowest BCUT2D eigenvalue weighted by Crippen LogP contribution is -2.33. The van der Waals surface area contributed by atoms with Crippen molar-refractivity contribution >= 4 is 57.3 Å². The van der Waals surface area contributed by atoms with Crippen LogP contribution in [0.15, 0.2) is 65.6 Å². The monoisotopic (exact) mass is 694 g/mol. The SMILES string of the molecule is COc1ccc(C(Nc2cccc(C(C)=O)c2)C(=O)NCc2cc(NC(=O)N(C)C)ccc2S(=O)(=O)I)cc1OC. The highest BCUT2D eigenvalue weighted by Crippen LogP contribution is 2.32. The van der Waals surface area contributed by atoms with Gasteiger partial charge in [-0.15, -0.1) is 0 Å². The number of halogens is 1. The predicted octanol–water partition coefficient (Wildman–Crippen LogP) is 4.59. The molecular formula is C28H31IN4O7S. The Kier molecular flexibility index (Phi) is 10.6. The molecule has 3 aromatic rings. The number of urea groups is 1. The van der Waals surface area contributed by atoms with E-state index in [0.29, 0.717) is 34.0 Å². The largest absolute Gasteiger partial charge is 0.493 e. The minimum Gasteiger partial charge on any atom is -0.493 e. The van der Waals surface area contributed by atoms with E-state index in [1.807, 2.05) is 0 Å². The molecule has 0 bridgehead atoms. The maximum absolute atomic E-state index is 13.7. The first kappa shape index (κ1) is 31.7. The molecule has 0 fully saturated rings. The third-order valence-electron chi connectivity index (χ3n) is 6.02. The second-order valence-corrected chi connectivity index (χ2v) is 13.9. The minimum absolute atomic E-state index is 0.00559. The molecule has 3 amide bonds. The number of rotatable bonds is 11. The second kappa shape index (κ2) is 13.7. The van der Waals surface area contributed by atoms with Crippen molar-refractivity contribution < 1.29 is 32.3 Å². The average Bonchev–Trinajstić information content (AvgIpc) is 2.93. The lowest BCUT2D eigenvalue weighted by atomic mass is 10.0. The van der Waals surface area contributed by atoms with Crippen LogP contribution in [0, 0.1) is 0 Å². The third kappa shape index (κ3) is 8.33. The lowest BCUT2D eigenvalue weighted by Gasteiger charge is -2.22. The summed E-state index contributed by atoms with van der Waals surface area (Å²) in [5, 5.41) is 8.65. The molecule has 11 nitrogen and oxygen atoms in total. The molecule has 0 aromatic heterocycles. The first-order valence-corrected chi connectivity index (χ1v) is 16.3. The lowest BCUT2D eigenvalue weighted by molar-refractivity contribution is -0.122. The fraction of sp³-hybridized carbons (Fsp3) is 0.250. The zero-order valence-corrected chi connectivity index (χ0v) is 26.1. The third-order valence-corrected chi connectivity index (χ3v) is 8.36. The van der Waals surface area contributed by atoms with Gasteiger partial charge >= 0.3 is 6.03 Å². The van der Waals surface area contributed by atoms with Crippen LogP contribution in [-0.2, 0) is 18.3 Å². The van der Waals surface area contributed by atoms with E-state index >= 15 is 0 Å². The summed E-state index contributed by atoms with van der Waals surface area (Å²) in [7, 11) is 2.46. The average molecular weight is 695 g/mol. The first-order chi connectivity index (χ1) is 19.3. The van der Waals surface area contributed by atoms with Crippen LogP contribution in [0.4, 0.5) is 16.2 Å². The van der Waals surface area contributed by atoms with Crippen molar-refractivity contribution in [1.29, 1.82) is 0 Å². The molecular weight excluding hydrogens is 663 g/mol. The van der Waals surface area contributed by atoms with Gasteiger partial charge in [0.05, 0.1) is 40.3 Å². The highest BCUT2D eigenvalue weighted by Gasteiger charge is 2.24. The minimum atomic E-state index is -3.68. The Morgan fingerprint density at radius 3 is 2.24 bits per heavy atom. The van der Waals surface area contributed by atoms with E-state index in [1.165, 1.54) is 65.4 Å². The van der Waals surface area contributed by atoms with Crippen molar-refractivity contribution in [3.8, 4) is 11.5 Å². The summed E-state index contributed by atoms with van der Waals surface area (Å²) in [6.45, 7) is 1.30. The van der Waals surface area contributed by atoms with Crippen LogP contribution in [0.25, 0.3) is 0 Å². The van der Waals surface area contributed by atoms with Crippen LogP contribution in [0.1, 0.15) is 34.5 Å². The van der Waals surface area contributed by atoms with Crippen molar-refractivity contribution in [3.05, 3.63) is 77.4 Å². The molecule has 0 aliphatic carbocycles. The smallest absolute Gasteiger partial charge is 0.321 e. The summed E-state index contributed by atoms with van der Waals surface area (Å²) >= 11 is 1.33. The zero-order valence-electron chi connectivity index (χ0n) is 23.1. The summed E-state index contributed by atoms with van der Waals surface area (Å²) in [5.41, 5.74) is 2.18. The van der Waals surface area contributed by atoms with Gasteiger partial charge in [0.1, 0.15) is 6.04 Å². The molecule has 41 heavy (non-hydrogen) atoms. The molecule has 0 heterocycles. The first-order valence-electron chi connectivity index (χ1n) is 12.3. The number of ether oxygens (including phenoxy) is 2. The van der Waals surface area contributed by atoms with Crippen molar-refractivity contribution in [2.45, 2.75) is 24.4 Å². The van der Waals surface area contributed by atoms with Gasteiger partial charge in [-0.05, 0) is 60.5 Å². The zero-order chi connectivity index (χ0) is 30.3. The summed E-state index contributed by atoms with van der Waals surface area (Å²) in [6.07, 6.45) is 0. The maximum Gasteiger partial charge on any atom is 0.321 e. The number of methoxy groups -OCH3 is 2. The number of hydrogen-bond donors (Lipinski definition) is 3. The van der Waals surface area contributed by atoms with Gasteiger partial charge in [-0.1, -0.05) is 18.2 Å². The molecule has 0 aliphatic rings. The van der Waals surface area contributed by atoms with Gasteiger partial charge in [0, 0.05) is 37.6 Å². The Morgan fingerprint density at radius 2 is 1.63 bits per heavy atom. The summed E-state index contributed by atoms with van der Waals surface area (Å²) in [5.74, 6) is 0.270. The normalized spacial score (nSPS) is 11.7. The number of Topliss-reactive ketones (excluding diaryl/α,β-unsaturated/α-hetero) is 1. The fourth-order valence-corrected chi connectivity index (χ4v) is 5.84. The van der Waals surface area contributed by atoms with Crippen LogP contribution in [0.3, 0.4) is 0 Å². The topological polar surface area (TPSA) is 143 Å². The number of amides is 3. The van der Waals surface area contributed by atoms with E-state index in [9.17, 15) is 22.8 Å². The number of hydrogen-bond acceptors (Lipinski definition) is 8. The molecule has 0 saturated carbocycles. The molecule has 0 saturated heterocycles. The molecule has 1 unspecified atom stereocenters. The Balaban J connectivity index is 1.97. The van der Waals surface area contributed by atoms with Crippen molar-refractivity contribution in [3.63, 3.8) is 0 Å². The maximum atomic E-state index is 13.7. The van der Waals surface area contributed by atoms with Gasteiger partial charge in [0.15, 0.2) is 17.3 Å². The van der Waals surface area contributed by atoms with Gasteiger partial charge < -0.3 is 30.3 Å². The quantitative estimate of drug-likeness (QED) is 0.150. The van der Waals surface area contributed by atoms with Gasteiger partial charge in [0.25, 0.3) is 0 Å². The second-order valence-electron chi connectivity index (χ2n) is 9.13. The number of ketones is 1. The molecule has 13 heteroatoms. The van der Waals surface area contributed by atoms with E-state index < -0.39 is 25.0 Å². The van der Waals surface area contributed by atoms with Gasteiger partial charge in [-0.3, -0.25) is 9.59 Å². The molecule has 3 rings (SSSR count). The van der Waals surface area contributed by atoms with E-state index in [0.717, 1.165) is 0 Å². The number of nitrogens with one attached hydrogen (secondary N) is 3. The molecule has 0 spiro atoms. The fourth-order valence-electron chi connectivity index (χ4n) is 3.88. The number of anilines is 2. The van der Waals surface area contributed by atoms with E-state index in [4.69, 9.17) is 9.47 Å². The van der Waals surface area contributed by atoms with Crippen LogP contribution in [0.5, 0.6) is 11.5 Å².